The van der Waals surface area contributed by atoms with Gasteiger partial charge in [0.15, 0.2) is 0 Å². The molecule has 7 heteroatoms. The molecule has 1 radical (unpaired) electrons. The Labute approximate surface area is 131 Å². The van der Waals surface area contributed by atoms with Crippen molar-refractivity contribution in [1.29, 1.82) is 0 Å². The zero-order valence-electron chi connectivity index (χ0n) is 12.1. The maximum Gasteiger partial charge on any atom is 0.350 e. The third kappa shape index (κ3) is 2.76. The first kappa shape index (κ1) is 15.4. The summed E-state index contributed by atoms with van der Waals surface area (Å²) in [5, 5.41) is 20.3. The van der Waals surface area contributed by atoms with Gasteiger partial charge in [-0.1, -0.05) is 24.3 Å². The second kappa shape index (κ2) is 5.94. The molecule has 3 atom stereocenters. The third-order valence-corrected chi connectivity index (χ3v) is 3.90. The summed E-state index contributed by atoms with van der Waals surface area (Å²) in [6.45, 7) is 0. The van der Waals surface area contributed by atoms with Crippen molar-refractivity contribution in [3.63, 3.8) is 0 Å². The van der Waals surface area contributed by atoms with Crippen molar-refractivity contribution >= 4 is 5.82 Å². The SMILES string of the molecule is Nc1ccn(C2C(F)=C(Cc3cc[c]cc3)[C@@H](O)[C@H]2O)c(=O)n1. The molecule has 6 nitrogen and oxygen atoms in total. The van der Waals surface area contributed by atoms with E-state index >= 15 is 0 Å². The van der Waals surface area contributed by atoms with Gasteiger partial charge in [-0.2, -0.15) is 4.98 Å². The number of anilines is 1. The molecule has 119 valence electrons. The van der Waals surface area contributed by atoms with Crippen LogP contribution in [0.25, 0.3) is 0 Å². The lowest BCUT2D eigenvalue weighted by Crippen LogP contribution is -2.36. The van der Waals surface area contributed by atoms with Crippen LogP contribution in [0.2, 0.25) is 0 Å². The summed E-state index contributed by atoms with van der Waals surface area (Å²) in [6.07, 6.45) is -1.48. The molecule has 4 N–H and O–H groups in total. The maximum absolute atomic E-state index is 14.7. The largest absolute Gasteiger partial charge is 0.387 e. The number of benzene rings is 1. The molecule has 0 aliphatic heterocycles. The number of hydrogen-bond donors (Lipinski definition) is 3. The van der Waals surface area contributed by atoms with Gasteiger partial charge >= 0.3 is 5.69 Å². The molecule has 1 heterocycles. The van der Waals surface area contributed by atoms with Crippen LogP contribution in [0, 0.1) is 6.07 Å². The van der Waals surface area contributed by atoms with E-state index in [0.717, 1.165) is 10.1 Å². The molecular weight excluding hydrogens is 301 g/mol. The molecule has 1 aliphatic carbocycles. The first-order valence-corrected chi connectivity index (χ1v) is 7.03. The molecule has 0 saturated heterocycles. The third-order valence-electron chi connectivity index (χ3n) is 3.90. The summed E-state index contributed by atoms with van der Waals surface area (Å²) in [6, 6.07) is 9.71. The van der Waals surface area contributed by atoms with Crippen molar-refractivity contribution in [1.82, 2.24) is 9.55 Å². The van der Waals surface area contributed by atoms with Gasteiger partial charge in [0, 0.05) is 6.20 Å². The molecular formula is C16H15FN3O3. The lowest BCUT2D eigenvalue weighted by Gasteiger charge is -2.19. The Balaban J connectivity index is 2.00. The molecule has 1 aliphatic rings. The number of nitrogens with two attached hydrogens (primary N) is 1. The van der Waals surface area contributed by atoms with E-state index < -0.39 is 29.8 Å². The average molecular weight is 316 g/mol. The van der Waals surface area contributed by atoms with E-state index in [1.807, 2.05) is 0 Å². The van der Waals surface area contributed by atoms with Crippen LogP contribution in [-0.4, -0.2) is 32.0 Å². The highest BCUT2D eigenvalue weighted by molar-refractivity contribution is 5.34. The van der Waals surface area contributed by atoms with E-state index in [-0.39, 0.29) is 17.8 Å². The number of nitrogen functional groups attached to an aromatic ring is 1. The van der Waals surface area contributed by atoms with E-state index in [4.69, 9.17) is 5.73 Å². The van der Waals surface area contributed by atoms with Crippen molar-refractivity contribution in [2.75, 3.05) is 5.73 Å². The van der Waals surface area contributed by atoms with Gasteiger partial charge in [-0.3, -0.25) is 4.57 Å². The number of rotatable bonds is 3. The van der Waals surface area contributed by atoms with E-state index in [2.05, 4.69) is 11.1 Å². The van der Waals surface area contributed by atoms with Crippen molar-refractivity contribution in [3.8, 4) is 0 Å². The monoisotopic (exact) mass is 316 g/mol. The van der Waals surface area contributed by atoms with Gasteiger partial charge in [0.25, 0.3) is 0 Å². The Hall–Kier alpha value is -2.51. The summed E-state index contributed by atoms with van der Waals surface area (Å²) in [4.78, 5) is 15.4. The molecule has 1 aromatic heterocycles. The van der Waals surface area contributed by atoms with Crippen LogP contribution in [0.3, 0.4) is 0 Å². The fourth-order valence-electron chi connectivity index (χ4n) is 2.73. The number of aliphatic hydroxyl groups is 2. The van der Waals surface area contributed by atoms with Crippen molar-refractivity contribution in [2.45, 2.75) is 24.7 Å². The van der Waals surface area contributed by atoms with Crippen molar-refractivity contribution < 1.29 is 14.6 Å². The van der Waals surface area contributed by atoms with Crippen LogP contribution in [0.15, 0.2) is 52.7 Å². The molecule has 23 heavy (non-hydrogen) atoms. The molecule has 2 aromatic rings. The van der Waals surface area contributed by atoms with E-state index in [1.54, 1.807) is 24.3 Å². The Morgan fingerprint density at radius 2 is 2.00 bits per heavy atom. The molecule has 1 unspecified atom stereocenters. The molecule has 0 fully saturated rings. The van der Waals surface area contributed by atoms with Crippen LogP contribution in [-0.2, 0) is 6.42 Å². The highest BCUT2D eigenvalue weighted by Gasteiger charge is 2.43. The second-order valence-corrected chi connectivity index (χ2v) is 5.38. The number of nitrogens with zero attached hydrogens (tertiary/aromatic N) is 2. The van der Waals surface area contributed by atoms with Gasteiger partial charge in [-0.25, -0.2) is 9.18 Å². The second-order valence-electron chi connectivity index (χ2n) is 5.38. The number of aromatic nitrogens is 2. The summed E-state index contributed by atoms with van der Waals surface area (Å²) in [7, 11) is 0. The van der Waals surface area contributed by atoms with E-state index in [0.29, 0.717) is 0 Å². The lowest BCUT2D eigenvalue weighted by molar-refractivity contribution is 0.0272. The zero-order valence-corrected chi connectivity index (χ0v) is 12.1. The topological polar surface area (TPSA) is 101 Å². The summed E-state index contributed by atoms with van der Waals surface area (Å²) >= 11 is 0. The highest BCUT2D eigenvalue weighted by atomic mass is 19.1. The smallest absolute Gasteiger partial charge is 0.350 e. The Kier molecular flexibility index (Phi) is 3.97. The molecule has 3 rings (SSSR count). The van der Waals surface area contributed by atoms with Gasteiger partial charge in [0.1, 0.15) is 29.9 Å². The quantitative estimate of drug-likeness (QED) is 0.759. The molecule has 0 spiro atoms. The Bertz CT molecular complexity index is 804. The normalized spacial score (nSPS) is 24.2. The van der Waals surface area contributed by atoms with Crippen LogP contribution < -0.4 is 11.4 Å². The number of halogens is 1. The van der Waals surface area contributed by atoms with E-state index in [9.17, 15) is 19.4 Å². The standard InChI is InChI=1S/C16H15FN3O3/c17-12-10(8-9-4-2-1-3-5-9)14(21)15(22)13(12)20-7-6-11(18)19-16(20)23/h2-7,13-15,21-22H,8H2,(H2,18,19,23)/t13?,14-,15+/m1/s1. The number of hydrogen-bond acceptors (Lipinski definition) is 5. The Morgan fingerprint density at radius 1 is 1.30 bits per heavy atom. The summed E-state index contributed by atoms with van der Waals surface area (Å²) in [5.41, 5.74) is 5.44. The molecule has 0 saturated carbocycles. The lowest BCUT2D eigenvalue weighted by atomic mass is 10.0. The van der Waals surface area contributed by atoms with Gasteiger partial charge in [-0.05, 0) is 29.7 Å². The summed E-state index contributed by atoms with van der Waals surface area (Å²) in [5.74, 6) is -0.726. The minimum absolute atomic E-state index is 0.00410. The average Bonchev–Trinajstić information content (AvgIpc) is 2.73. The predicted octanol–water partition coefficient (Wildman–Crippen LogP) is 0.368. The van der Waals surface area contributed by atoms with Gasteiger partial charge in [-0.15, -0.1) is 0 Å². The highest BCUT2D eigenvalue weighted by Crippen LogP contribution is 2.38. The number of aliphatic hydroxyl groups excluding tert-OH is 2. The Morgan fingerprint density at radius 3 is 2.65 bits per heavy atom. The first-order chi connectivity index (χ1) is 11.0. The molecule has 1 aromatic carbocycles. The zero-order chi connectivity index (χ0) is 16.6. The molecule has 0 bridgehead atoms. The first-order valence-electron chi connectivity index (χ1n) is 7.03. The maximum atomic E-state index is 14.7. The van der Waals surface area contributed by atoms with Gasteiger partial charge in [0.2, 0.25) is 0 Å². The van der Waals surface area contributed by atoms with Crippen molar-refractivity contribution in [3.05, 3.63) is 70.0 Å². The van der Waals surface area contributed by atoms with Crippen LogP contribution in [0.5, 0.6) is 0 Å². The van der Waals surface area contributed by atoms with Crippen LogP contribution in [0.1, 0.15) is 11.6 Å². The fourth-order valence-corrected chi connectivity index (χ4v) is 2.73. The molecule has 0 amide bonds. The minimum Gasteiger partial charge on any atom is -0.387 e. The van der Waals surface area contributed by atoms with Crippen LogP contribution >= 0.6 is 0 Å². The van der Waals surface area contributed by atoms with E-state index in [1.165, 1.54) is 12.3 Å². The minimum atomic E-state index is -1.47. The van der Waals surface area contributed by atoms with Gasteiger partial charge < -0.3 is 15.9 Å². The fraction of sp³-hybridized carbons (Fsp3) is 0.250. The van der Waals surface area contributed by atoms with Crippen molar-refractivity contribution in [2.24, 2.45) is 0 Å². The predicted molar refractivity (Wildman–Crippen MR) is 81.1 cm³/mol. The van der Waals surface area contributed by atoms with Gasteiger partial charge in [0.05, 0.1) is 0 Å². The summed E-state index contributed by atoms with van der Waals surface area (Å²) < 4.78 is 15.7. The van der Waals surface area contributed by atoms with Crippen LogP contribution in [0.4, 0.5) is 10.2 Å².